The molecule has 1 heterocycles. The maximum absolute atomic E-state index is 6.26. The summed E-state index contributed by atoms with van der Waals surface area (Å²) in [7, 11) is 0. The fourth-order valence-electron chi connectivity index (χ4n) is 5.00. The zero-order valence-electron chi connectivity index (χ0n) is 13.5. The Bertz CT molecular complexity index is 292. The Hall–Kier alpha value is -0.0800. The molecule has 19 heavy (non-hydrogen) atoms. The van der Waals surface area contributed by atoms with E-state index in [2.05, 4.69) is 32.6 Å². The minimum atomic E-state index is 0.292. The Balaban J connectivity index is 2.03. The summed E-state index contributed by atoms with van der Waals surface area (Å²) in [5, 5.41) is 0. The Labute approximate surface area is 120 Å². The normalized spacial score (nSPS) is 36.8. The molecule has 0 aromatic heterocycles. The van der Waals surface area contributed by atoms with Gasteiger partial charge in [-0.25, -0.2) is 0 Å². The molecular weight excluding hydrogens is 232 g/mol. The molecule has 1 aliphatic carbocycles. The maximum atomic E-state index is 6.26. The van der Waals surface area contributed by atoms with E-state index in [9.17, 15) is 0 Å². The van der Waals surface area contributed by atoms with Crippen LogP contribution >= 0.6 is 0 Å². The highest BCUT2D eigenvalue weighted by Gasteiger charge is 2.51. The minimum absolute atomic E-state index is 0.292. The van der Waals surface area contributed by atoms with Gasteiger partial charge in [-0.1, -0.05) is 40.5 Å². The van der Waals surface area contributed by atoms with E-state index >= 15 is 0 Å². The lowest BCUT2D eigenvalue weighted by Crippen LogP contribution is -2.58. The molecule has 2 N–H and O–H groups in total. The van der Waals surface area contributed by atoms with Gasteiger partial charge in [-0.05, 0) is 56.0 Å². The Morgan fingerprint density at radius 2 is 1.84 bits per heavy atom. The molecule has 0 amide bonds. The van der Waals surface area contributed by atoms with Crippen molar-refractivity contribution in [1.29, 1.82) is 0 Å². The first-order valence-corrected chi connectivity index (χ1v) is 8.38. The standard InChI is InChI=1S/C17H34N2/c1-5-6-15-7-9-19(10-8-15)17(13-18)12-16(3,4)11-14(17)2/h14-15H,5-13,18H2,1-4H3. The van der Waals surface area contributed by atoms with Crippen molar-refractivity contribution in [1.82, 2.24) is 4.90 Å². The van der Waals surface area contributed by atoms with E-state index in [0.29, 0.717) is 11.0 Å². The summed E-state index contributed by atoms with van der Waals surface area (Å²) in [5.74, 6) is 1.72. The first-order valence-electron chi connectivity index (χ1n) is 8.38. The first kappa shape index (κ1) is 15.3. The highest BCUT2D eigenvalue weighted by molar-refractivity contribution is 5.06. The van der Waals surface area contributed by atoms with Gasteiger partial charge in [0.05, 0.1) is 0 Å². The second-order valence-electron chi connectivity index (χ2n) is 7.97. The van der Waals surface area contributed by atoms with Gasteiger partial charge < -0.3 is 5.73 Å². The highest BCUT2D eigenvalue weighted by Crippen LogP contribution is 2.50. The van der Waals surface area contributed by atoms with E-state index < -0.39 is 0 Å². The molecule has 0 spiro atoms. The van der Waals surface area contributed by atoms with Crippen molar-refractivity contribution in [3.8, 4) is 0 Å². The molecule has 0 radical (unpaired) electrons. The lowest BCUT2D eigenvalue weighted by molar-refractivity contribution is 0.0261. The molecule has 2 fully saturated rings. The van der Waals surface area contributed by atoms with Crippen LogP contribution in [0.15, 0.2) is 0 Å². The van der Waals surface area contributed by atoms with Gasteiger partial charge in [-0.2, -0.15) is 0 Å². The summed E-state index contributed by atoms with van der Waals surface area (Å²) in [6.45, 7) is 13.0. The van der Waals surface area contributed by atoms with Crippen molar-refractivity contribution in [2.75, 3.05) is 19.6 Å². The molecule has 0 bridgehead atoms. The van der Waals surface area contributed by atoms with Crippen LogP contribution in [0.5, 0.6) is 0 Å². The lowest BCUT2D eigenvalue weighted by Gasteiger charge is -2.47. The number of likely N-dealkylation sites (tertiary alicyclic amines) is 1. The molecular formula is C17H34N2. The Morgan fingerprint density at radius 3 is 2.26 bits per heavy atom. The molecule has 112 valence electrons. The Kier molecular flexibility index (Phi) is 4.62. The maximum Gasteiger partial charge on any atom is 0.0362 e. The van der Waals surface area contributed by atoms with E-state index in [1.54, 1.807) is 0 Å². The first-order chi connectivity index (χ1) is 8.93. The third kappa shape index (κ3) is 3.00. The fourth-order valence-corrected chi connectivity index (χ4v) is 5.00. The highest BCUT2D eigenvalue weighted by atomic mass is 15.2. The molecule has 2 heteroatoms. The van der Waals surface area contributed by atoms with Crippen LogP contribution in [0.2, 0.25) is 0 Å². The number of piperidine rings is 1. The van der Waals surface area contributed by atoms with Crippen molar-refractivity contribution in [3.63, 3.8) is 0 Å². The summed E-state index contributed by atoms with van der Waals surface area (Å²) in [6, 6.07) is 0. The van der Waals surface area contributed by atoms with Gasteiger partial charge in [0.15, 0.2) is 0 Å². The third-order valence-corrected chi connectivity index (χ3v) is 5.86. The van der Waals surface area contributed by atoms with Crippen molar-refractivity contribution >= 4 is 0 Å². The molecule has 1 saturated heterocycles. The second-order valence-corrected chi connectivity index (χ2v) is 7.97. The largest absolute Gasteiger partial charge is 0.329 e. The predicted molar refractivity (Wildman–Crippen MR) is 83.2 cm³/mol. The van der Waals surface area contributed by atoms with E-state index in [1.165, 1.54) is 51.6 Å². The average molecular weight is 266 g/mol. The SMILES string of the molecule is CCCC1CCN(C2(CN)CC(C)(C)CC2C)CC1. The molecule has 1 aliphatic heterocycles. The molecule has 2 rings (SSSR count). The number of hydrogen-bond acceptors (Lipinski definition) is 2. The second kappa shape index (κ2) is 5.73. The van der Waals surface area contributed by atoms with Gasteiger partial charge in [0.1, 0.15) is 0 Å². The van der Waals surface area contributed by atoms with Gasteiger partial charge in [0, 0.05) is 12.1 Å². The van der Waals surface area contributed by atoms with E-state index in [0.717, 1.165) is 18.4 Å². The monoisotopic (exact) mass is 266 g/mol. The average Bonchev–Trinajstić information content (AvgIpc) is 2.61. The van der Waals surface area contributed by atoms with Crippen LogP contribution in [0.25, 0.3) is 0 Å². The molecule has 2 nitrogen and oxygen atoms in total. The van der Waals surface area contributed by atoms with Crippen LogP contribution < -0.4 is 5.73 Å². The van der Waals surface area contributed by atoms with Gasteiger partial charge in [0.25, 0.3) is 0 Å². The van der Waals surface area contributed by atoms with E-state index in [-0.39, 0.29) is 0 Å². The number of nitrogens with two attached hydrogens (primary N) is 1. The smallest absolute Gasteiger partial charge is 0.0362 e. The summed E-state index contributed by atoms with van der Waals surface area (Å²) in [6.07, 6.45) is 8.17. The summed E-state index contributed by atoms with van der Waals surface area (Å²) >= 11 is 0. The third-order valence-electron chi connectivity index (χ3n) is 5.86. The Morgan fingerprint density at radius 1 is 1.21 bits per heavy atom. The number of hydrogen-bond donors (Lipinski definition) is 1. The minimum Gasteiger partial charge on any atom is -0.329 e. The molecule has 0 aromatic rings. The number of rotatable bonds is 4. The van der Waals surface area contributed by atoms with Crippen LogP contribution in [-0.2, 0) is 0 Å². The van der Waals surface area contributed by atoms with Crippen molar-refractivity contribution in [2.24, 2.45) is 23.0 Å². The molecule has 2 unspecified atom stereocenters. The van der Waals surface area contributed by atoms with Gasteiger partial charge in [0.2, 0.25) is 0 Å². The van der Waals surface area contributed by atoms with Crippen LogP contribution in [0.4, 0.5) is 0 Å². The van der Waals surface area contributed by atoms with Gasteiger partial charge in [-0.15, -0.1) is 0 Å². The van der Waals surface area contributed by atoms with Gasteiger partial charge in [-0.3, -0.25) is 4.90 Å². The molecule has 2 aliphatic rings. The van der Waals surface area contributed by atoms with Gasteiger partial charge >= 0.3 is 0 Å². The lowest BCUT2D eigenvalue weighted by atomic mass is 9.81. The van der Waals surface area contributed by atoms with Crippen LogP contribution in [-0.4, -0.2) is 30.1 Å². The molecule has 2 atom stereocenters. The van der Waals surface area contributed by atoms with Crippen molar-refractivity contribution in [3.05, 3.63) is 0 Å². The van der Waals surface area contributed by atoms with Crippen LogP contribution in [0, 0.1) is 17.3 Å². The zero-order chi connectivity index (χ0) is 14.1. The van der Waals surface area contributed by atoms with Crippen molar-refractivity contribution in [2.45, 2.75) is 71.8 Å². The topological polar surface area (TPSA) is 29.3 Å². The summed E-state index contributed by atoms with van der Waals surface area (Å²) in [4.78, 5) is 2.76. The predicted octanol–water partition coefficient (Wildman–Crippen LogP) is 3.65. The summed E-state index contributed by atoms with van der Waals surface area (Å²) in [5.41, 5.74) is 7.03. The molecule has 1 saturated carbocycles. The van der Waals surface area contributed by atoms with E-state index in [4.69, 9.17) is 5.73 Å². The summed E-state index contributed by atoms with van der Waals surface area (Å²) < 4.78 is 0. The van der Waals surface area contributed by atoms with Crippen molar-refractivity contribution < 1.29 is 0 Å². The number of nitrogens with zero attached hydrogens (tertiary/aromatic N) is 1. The molecule has 0 aromatic carbocycles. The quantitative estimate of drug-likeness (QED) is 0.841. The van der Waals surface area contributed by atoms with Crippen LogP contribution in [0.3, 0.4) is 0 Å². The van der Waals surface area contributed by atoms with E-state index in [1.807, 2.05) is 0 Å². The van der Waals surface area contributed by atoms with Crippen LogP contribution in [0.1, 0.15) is 66.2 Å². The fraction of sp³-hybridized carbons (Fsp3) is 1.00. The zero-order valence-corrected chi connectivity index (χ0v) is 13.5.